The summed E-state index contributed by atoms with van der Waals surface area (Å²) in [5.41, 5.74) is -0.405. The standard InChI is InChI=1S/C13H15ClN2O3/c1-13(5-2-6-15-13)12(19)16-10-7-8(14)3-4-9(10)11(17)18/h3-4,7,15H,2,5-6H2,1H3,(H,16,19)(H,17,18). The lowest BCUT2D eigenvalue weighted by molar-refractivity contribution is -0.121. The molecule has 19 heavy (non-hydrogen) atoms. The fourth-order valence-electron chi connectivity index (χ4n) is 2.16. The zero-order valence-electron chi connectivity index (χ0n) is 10.5. The molecule has 102 valence electrons. The van der Waals surface area contributed by atoms with E-state index in [2.05, 4.69) is 10.6 Å². The van der Waals surface area contributed by atoms with Crippen LogP contribution in [0, 0.1) is 0 Å². The molecule has 1 aliphatic heterocycles. The molecule has 2 rings (SSSR count). The summed E-state index contributed by atoms with van der Waals surface area (Å²) in [6.07, 6.45) is 1.65. The van der Waals surface area contributed by atoms with Crippen molar-refractivity contribution in [1.82, 2.24) is 5.32 Å². The van der Waals surface area contributed by atoms with Gasteiger partial charge in [0.1, 0.15) is 0 Å². The Kier molecular flexibility index (Phi) is 3.78. The molecule has 0 spiro atoms. The van der Waals surface area contributed by atoms with Crippen molar-refractivity contribution in [2.24, 2.45) is 0 Å². The van der Waals surface area contributed by atoms with E-state index in [4.69, 9.17) is 16.7 Å². The van der Waals surface area contributed by atoms with Gasteiger partial charge in [-0.1, -0.05) is 11.6 Å². The van der Waals surface area contributed by atoms with Crippen LogP contribution in [0.5, 0.6) is 0 Å². The van der Waals surface area contributed by atoms with E-state index < -0.39 is 11.5 Å². The molecule has 1 fully saturated rings. The van der Waals surface area contributed by atoms with Crippen LogP contribution in [-0.4, -0.2) is 29.1 Å². The zero-order chi connectivity index (χ0) is 14.0. The Bertz CT molecular complexity index is 525. The first-order valence-electron chi connectivity index (χ1n) is 6.02. The molecule has 0 aliphatic carbocycles. The summed E-state index contributed by atoms with van der Waals surface area (Å²) in [5.74, 6) is -1.34. The number of halogens is 1. The highest BCUT2D eigenvalue weighted by Crippen LogP contribution is 2.25. The van der Waals surface area contributed by atoms with E-state index in [9.17, 15) is 9.59 Å². The minimum absolute atomic E-state index is 0.0272. The van der Waals surface area contributed by atoms with Gasteiger partial charge in [-0.15, -0.1) is 0 Å². The van der Waals surface area contributed by atoms with E-state index in [0.29, 0.717) is 5.02 Å². The van der Waals surface area contributed by atoms with Crippen molar-refractivity contribution in [3.05, 3.63) is 28.8 Å². The van der Waals surface area contributed by atoms with Crippen LogP contribution in [-0.2, 0) is 4.79 Å². The van der Waals surface area contributed by atoms with E-state index in [1.165, 1.54) is 18.2 Å². The van der Waals surface area contributed by atoms with E-state index in [-0.39, 0.29) is 17.2 Å². The monoisotopic (exact) mass is 282 g/mol. The van der Waals surface area contributed by atoms with Gasteiger partial charge in [-0.05, 0) is 44.5 Å². The summed E-state index contributed by atoms with van der Waals surface area (Å²) in [5, 5.41) is 15.2. The van der Waals surface area contributed by atoms with E-state index >= 15 is 0 Å². The Hall–Kier alpha value is -1.59. The predicted molar refractivity (Wildman–Crippen MR) is 72.7 cm³/mol. The quantitative estimate of drug-likeness (QED) is 0.793. The van der Waals surface area contributed by atoms with Crippen molar-refractivity contribution in [2.75, 3.05) is 11.9 Å². The Balaban J connectivity index is 2.25. The second-order valence-electron chi connectivity index (χ2n) is 4.81. The number of carboxylic acids is 1. The number of rotatable bonds is 3. The molecule has 1 heterocycles. The van der Waals surface area contributed by atoms with Gasteiger partial charge in [0.05, 0.1) is 16.8 Å². The molecular formula is C13H15ClN2O3. The Morgan fingerprint density at radius 3 is 2.79 bits per heavy atom. The second-order valence-corrected chi connectivity index (χ2v) is 5.25. The van der Waals surface area contributed by atoms with Crippen LogP contribution in [0.2, 0.25) is 5.02 Å². The molecule has 0 bridgehead atoms. The number of amides is 1. The highest BCUT2D eigenvalue weighted by Gasteiger charge is 2.36. The normalized spacial score (nSPS) is 22.2. The molecule has 1 amide bonds. The molecule has 0 aromatic heterocycles. The molecule has 3 N–H and O–H groups in total. The van der Waals surface area contributed by atoms with Gasteiger partial charge in [0.2, 0.25) is 5.91 Å². The lowest BCUT2D eigenvalue weighted by Gasteiger charge is -2.23. The van der Waals surface area contributed by atoms with Crippen LogP contribution < -0.4 is 10.6 Å². The first kappa shape index (κ1) is 13.8. The maximum Gasteiger partial charge on any atom is 0.337 e. The van der Waals surface area contributed by atoms with E-state index in [1.807, 2.05) is 0 Å². The molecule has 1 aromatic carbocycles. The number of carboxylic acid groups (broad SMARTS) is 1. The van der Waals surface area contributed by atoms with Crippen molar-refractivity contribution in [3.63, 3.8) is 0 Å². The summed E-state index contributed by atoms with van der Waals surface area (Å²) in [6, 6.07) is 4.31. The summed E-state index contributed by atoms with van der Waals surface area (Å²) < 4.78 is 0. The minimum atomic E-state index is -1.10. The highest BCUT2D eigenvalue weighted by molar-refractivity contribution is 6.31. The van der Waals surface area contributed by atoms with Crippen LogP contribution in [0.3, 0.4) is 0 Å². The lowest BCUT2D eigenvalue weighted by Crippen LogP contribution is -2.48. The van der Waals surface area contributed by atoms with Crippen LogP contribution in [0.15, 0.2) is 18.2 Å². The van der Waals surface area contributed by atoms with Crippen molar-refractivity contribution in [1.29, 1.82) is 0 Å². The Labute approximate surface area is 116 Å². The average Bonchev–Trinajstić information content (AvgIpc) is 2.77. The Morgan fingerprint density at radius 1 is 1.47 bits per heavy atom. The van der Waals surface area contributed by atoms with Gasteiger partial charge in [0, 0.05) is 5.02 Å². The van der Waals surface area contributed by atoms with E-state index in [0.717, 1.165) is 19.4 Å². The molecule has 1 aromatic rings. The maximum atomic E-state index is 12.2. The maximum absolute atomic E-state index is 12.2. The number of carbonyl (C=O) groups is 2. The minimum Gasteiger partial charge on any atom is -0.478 e. The van der Waals surface area contributed by atoms with Crippen molar-refractivity contribution in [2.45, 2.75) is 25.3 Å². The smallest absolute Gasteiger partial charge is 0.337 e. The molecule has 1 aliphatic rings. The number of nitrogens with one attached hydrogen (secondary N) is 2. The third kappa shape index (κ3) is 2.88. The van der Waals surface area contributed by atoms with Crippen LogP contribution in [0.1, 0.15) is 30.1 Å². The number of hydrogen-bond acceptors (Lipinski definition) is 3. The largest absolute Gasteiger partial charge is 0.478 e. The summed E-state index contributed by atoms with van der Waals surface area (Å²) in [6.45, 7) is 2.59. The molecule has 1 saturated heterocycles. The number of aromatic carboxylic acids is 1. The van der Waals surface area contributed by atoms with Crippen LogP contribution in [0.25, 0.3) is 0 Å². The fourth-order valence-corrected chi connectivity index (χ4v) is 2.33. The van der Waals surface area contributed by atoms with Crippen molar-refractivity contribution >= 4 is 29.2 Å². The SMILES string of the molecule is CC1(C(=O)Nc2cc(Cl)ccc2C(=O)O)CCCN1. The van der Waals surface area contributed by atoms with Gasteiger partial charge in [0.15, 0.2) is 0 Å². The van der Waals surface area contributed by atoms with Gasteiger partial charge in [-0.3, -0.25) is 4.79 Å². The molecule has 1 atom stereocenters. The lowest BCUT2D eigenvalue weighted by atomic mass is 9.99. The van der Waals surface area contributed by atoms with Gasteiger partial charge in [-0.25, -0.2) is 4.79 Å². The summed E-state index contributed by atoms with van der Waals surface area (Å²) >= 11 is 5.84. The molecule has 5 nitrogen and oxygen atoms in total. The third-order valence-electron chi connectivity index (χ3n) is 3.33. The van der Waals surface area contributed by atoms with Gasteiger partial charge in [0.25, 0.3) is 0 Å². The van der Waals surface area contributed by atoms with Gasteiger partial charge >= 0.3 is 5.97 Å². The Morgan fingerprint density at radius 2 is 2.21 bits per heavy atom. The van der Waals surface area contributed by atoms with Crippen LogP contribution in [0.4, 0.5) is 5.69 Å². The molecule has 0 radical (unpaired) electrons. The molecule has 0 saturated carbocycles. The predicted octanol–water partition coefficient (Wildman–Crippen LogP) is 2.12. The third-order valence-corrected chi connectivity index (χ3v) is 3.57. The number of benzene rings is 1. The van der Waals surface area contributed by atoms with Gasteiger partial charge in [-0.2, -0.15) is 0 Å². The number of hydrogen-bond donors (Lipinski definition) is 3. The number of anilines is 1. The molecule has 6 heteroatoms. The summed E-state index contributed by atoms with van der Waals surface area (Å²) in [4.78, 5) is 23.3. The first-order valence-corrected chi connectivity index (χ1v) is 6.39. The van der Waals surface area contributed by atoms with Crippen molar-refractivity contribution < 1.29 is 14.7 Å². The van der Waals surface area contributed by atoms with Crippen LogP contribution >= 0.6 is 11.6 Å². The summed E-state index contributed by atoms with van der Waals surface area (Å²) in [7, 11) is 0. The fraction of sp³-hybridized carbons (Fsp3) is 0.385. The molecule has 1 unspecified atom stereocenters. The molecular weight excluding hydrogens is 268 g/mol. The zero-order valence-corrected chi connectivity index (χ0v) is 11.3. The second kappa shape index (κ2) is 5.19. The van der Waals surface area contributed by atoms with Crippen molar-refractivity contribution in [3.8, 4) is 0 Å². The van der Waals surface area contributed by atoms with E-state index in [1.54, 1.807) is 6.92 Å². The first-order chi connectivity index (χ1) is 8.92. The highest BCUT2D eigenvalue weighted by atomic mass is 35.5. The topological polar surface area (TPSA) is 78.4 Å². The number of carbonyl (C=O) groups excluding carboxylic acids is 1. The average molecular weight is 283 g/mol. The van der Waals surface area contributed by atoms with Gasteiger partial charge < -0.3 is 15.7 Å².